The van der Waals surface area contributed by atoms with Gasteiger partial charge in [-0.1, -0.05) is 30.8 Å². The lowest BCUT2D eigenvalue weighted by atomic mass is 10.0. The van der Waals surface area contributed by atoms with Crippen LogP contribution in [0.1, 0.15) is 15.9 Å². The number of benzene rings is 1. The van der Waals surface area contributed by atoms with Gasteiger partial charge in [-0.15, -0.1) is 0 Å². The highest BCUT2D eigenvalue weighted by Gasteiger charge is 2.11. The molecule has 0 aliphatic heterocycles. The van der Waals surface area contributed by atoms with E-state index in [0.717, 1.165) is 0 Å². The predicted octanol–water partition coefficient (Wildman–Crippen LogP) is 1.09. The van der Waals surface area contributed by atoms with Crippen molar-refractivity contribution < 1.29 is 9.90 Å². The lowest BCUT2D eigenvalue weighted by Gasteiger charge is -2.07. The Labute approximate surface area is 83.1 Å². The molecule has 0 radical (unpaired) electrons. The molecule has 0 amide bonds. The van der Waals surface area contributed by atoms with Gasteiger partial charge < -0.3 is 10.4 Å². The number of hydrogen-bond donors (Lipinski definition) is 2. The van der Waals surface area contributed by atoms with Crippen LogP contribution in [0, 0.1) is 0 Å². The molecule has 3 heteroatoms. The Morgan fingerprint density at radius 3 is 2.71 bits per heavy atom. The van der Waals surface area contributed by atoms with Crippen molar-refractivity contribution in [1.29, 1.82) is 0 Å². The average molecular weight is 191 g/mol. The Balaban J connectivity index is 3.06. The number of aliphatic hydroxyl groups is 1. The zero-order valence-corrected chi connectivity index (χ0v) is 8.08. The third-order valence-corrected chi connectivity index (χ3v) is 2.01. The van der Waals surface area contributed by atoms with Gasteiger partial charge in [0.2, 0.25) is 5.78 Å². The molecule has 1 aromatic rings. The van der Waals surface area contributed by atoms with Gasteiger partial charge in [0.1, 0.15) is 0 Å². The number of carbonyl (C=O) groups is 1. The molecule has 1 rings (SSSR count). The van der Waals surface area contributed by atoms with Crippen molar-refractivity contribution in [2.24, 2.45) is 0 Å². The number of nitrogens with one attached hydrogen (secondary N) is 1. The molecule has 1 aromatic carbocycles. The van der Waals surface area contributed by atoms with Gasteiger partial charge in [-0.2, -0.15) is 0 Å². The quantitative estimate of drug-likeness (QED) is 0.553. The second-order valence-electron chi connectivity index (χ2n) is 2.87. The van der Waals surface area contributed by atoms with E-state index in [9.17, 15) is 4.79 Å². The maximum atomic E-state index is 11.7. The molecule has 0 aliphatic rings. The molecule has 0 atom stereocenters. The van der Waals surface area contributed by atoms with E-state index < -0.39 is 0 Å². The Hall–Kier alpha value is -1.61. The van der Waals surface area contributed by atoms with E-state index >= 15 is 0 Å². The molecule has 0 heterocycles. The first-order valence-electron chi connectivity index (χ1n) is 4.30. The summed E-state index contributed by atoms with van der Waals surface area (Å²) in [5, 5.41) is 11.7. The van der Waals surface area contributed by atoms with Crippen LogP contribution in [0.25, 0.3) is 0 Å². The summed E-state index contributed by atoms with van der Waals surface area (Å²) in [6.07, 6.45) is 0. The van der Waals surface area contributed by atoms with Gasteiger partial charge in [0.05, 0.1) is 12.3 Å². The van der Waals surface area contributed by atoms with Crippen molar-refractivity contribution in [3.63, 3.8) is 0 Å². The molecule has 0 aromatic heterocycles. The van der Waals surface area contributed by atoms with Crippen molar-refractivity contribution in [2.75, 3.05) is 7.05 Å². The van der Waals surface area contributed by atoms with Crippen molar-refractivity contribution in [3.05, 3.63) is 47.7 Å². The van der Waals surface area contributed by atoms with Crippen LogP contribution in [0.5, 0.6) is 0 Å². The van der Waals surface area contributed by atoms with Crippen LogP contribution in [0.3, 0.4) is 0 Å². The summed E-state index contributed by atoms with van der Waals surface area (Å²) >= 11 is 0. The van der Waals surface area contributed by atoms with Gasteiger partial charge >= 0.3 is 0 Å². The highest BCUT2D eigenvalue weighted by molar-refractivity contribution is 6.08. The Morgan fingerprint density at radius 2 is 2.14 bits per heavy atom. The second kappa shape index (κ2) is 4.58. The molecule has 0 unspecified atom stereocenters. The van der Waals surface area contributed by atoms with E-state index in [1.807, 2.05) is 0 Å². The summed E-state index contributed by atoms with van der Waals surface area (Å²) in [7, 11) is 1.64. The summed E-state index contributed by atoms with van der Waals surface area (Å²) < 4.78 is 0. The fourth-order valence-corrected chi connectivity index (χ4v) is 1.16. The highest BCUT2D eigenvalue weighted by Crippen LogP contribution is 2.11. The minimum absolute atomic E-state index is 0.140. The fraction of sp³-hybridized carbons (Fsp3) is 0.182. The van der Waals surface area contributed by atoms with Crippen molar-refractivity contribution in [1.82, 2.24) is 5.32 Å². The molecular formula is C11H13NO2. The Kier molecular flexibility index (Phi) is 3.42. The van der Waals surface area contributed by atoms with Crippen LogP contribution in [0.2, 0.25) is 0 Å². The van der Waals surface area contributed by atoms with Crippen LogP contribution in [-0.2, 0) is 6.61 Å². The molecule has 14 heavy (non-hydrogen) atoms. The Morgan fingerprint density at radius 1 is 1.50 bits per heavy atom. The fourth-order valence-electron chi connectivity index (χ4n) is 1.16. The third kappa shape index (κ3) is 2.00. The normalized spacial score (nSPS) is 9.57. The van der Waals surface area contributed by atoms with E-state index in [4.69, 9.17) is 5.11 Å². The molecule has 0 fully saturated rings. The van der Waals surface area contributed by atoms with Crippen molar-refractivity contribution in [2.45, 2.75) is 6.61 Å². The van der Waals surface area contributed by atoms with Crippen molar-refractivity contribution >= 4 is 5.78 Å². The van der Waals surface area contributed by atoms with E-state index in [1.54, 1.807) is 31.3 Å². The Bertz CT molecular complexity index is 358. The summed E-state index contributed by atoms with van der Waals surface area (Å²) in [5.41, 5.74) is 1.44. The average Bonchev–Trinajstić information content (AvgIpc) is 2.26. The van der Waals surface area contributed by atoms with E-state index in [-0.39, 0.29) is 12.4 Å². The molecular weight excluding hydrogens is 178 g/mol. The molecule has 74 valence electrons. The summed E-state index contributed by atoms with van der Waals surface area (Å²) in [5.74, 6) is -0.183. The first-order chi connectivity index (χ1) is 6.70. The van der Waals surface area contributed by atoms with Gasteiger partial charge in [0, 0.05) is 12.6 Å². The zero-order valence-electron chi connectivity index (χ0n) is 8.08. The van der Waals surface area contributed by atoms with Crippen LogP contribution < -0.4 is 5.32 Å². The number of allylic oxidation sites excluding steroid dienone is 1. The number of carbonyl (C=O) groups excluding carboxylic acids is 1. The minimum atomic E-state index is -0.183. The van der Waals surface area contributed by atoms with Crippen molar-refractivity contribution in [3.8, 4) is 0 Å². The van der Waals surface area contributed by atoms with Gasteiger partial charge in [0.25, 0.3) is 0 Å². The molecule has 0 spiro atoms. The maximum absolute atomic E-state index is 11.7. The number of Topliss-reactive ketones (excluding diaryl/α,β-unsaturated/α-hetero) is 1. The monoisotopic (exact) mass is 191 g/mol. The first kappa shape index (κ1) is 10.5. The van der Waals surface area contributed by atoms with Crippen LogP contribution >= 0.6 is 0 Å². The van der Waals surface area contributed by atoms with E-state index in [0.29, 0.717) is 16.8 Å². The topological polar surface area (TPSA) is 49.3 Å². The van der Waals surface area contributed by atoms with Gasteiger partial charge in [-0.3, -0.25) is 4.79 Å². The SMILES string of the molecule is C=C(NC)C(=O)c1ccccc1CO. The molecule has 0 saturated heterocycles. The molecule has 2 N–H and O–H groups in total. The summed E-state index contributed by atoms with van der Waals surface area (Å²) in [4.78, 5) is 11.7. The maximum Gasteiger partial charge on any atom is 0.208 e. The highest BCUT2D eigenvalue weighted by atomic mass is 16.3. The minimum Gasteiger partial charge on any atom is -0.392 e. The summed E-state index contributed by atoms with van der Waals surface area (Å²) in [6.45, 7) is 3.44. The molecule has 0 saturated carbocycles. The zero-order chi connectivity index (χ0) is 10.6. The first-order valence-corrected chi connectivity index (χ1v) is 4.30. The second-order valence-corrected chi connectivity index (χ2v) is 2.87. The number of aliphatic hydroxyl groups excluding tert-OH is 1. The number of rotatable bonds is 4. The van der Waals surface area contributed by atoms with Gasteiger partial charge in [-0.25, -0.2) is 0 Å². The van der Waals surface area contributed by atoms with Gasteiger partial charge in [0.15, 0.2) is 0 Å². The number of ketones is 1. The van der Waals surface area contributed by atoms with Gasteiger partial charge in [-0.05, 0) is 5.56 Å². The lowest BCUT2D eigenvalue weighted by molar-refractivity contribution is 0.102. The number of likely N-dealkylation sites (N-methyl/N-ethyl adjacent to an activating group) is 1. The summed E-state index contributed by atoms with van der Waals surface area (Å²) in [6, 6.07) is 6.94. The van der Waals surface area contributed by atoms with E-state index in [2.05, 4.69) is 11.9 Å². The van der Waals surface area contributed by atoms with Crippen LogP contribution in [0.4, 0.5) is 0 Å². The molecule has 0 bridgehead atoms. The predicted molar refractivity (Wildman–Crippen MR) is 54.9 cm³/mol. The molecule has 3 nitrogen and oxygen atoms in total. The van der Waals surface area contributed by atoms with E-state index in [1.165, 1.54) is 0 Å². The standard InChI is InChI=1S/C11H13NO2/c1-8(12-2)11(14)10-6-4-3-5-9(10)7-13/h3-6,12-13H,1,7H2,2H3. The van der Waals surface area contributed by atoms with Crippen LogP contribution in [0.15, 0.2) is 36.5 Å². The molecule has 0 aliphatic carbocycles. The largest absolute Gasteiger partial charge is 0.392 e. The lowest BCUT2D eigenvalue weighted by Crippen LogP contribution is -2.16. The van der Waals surface area contributed by atoms with Crippen LogP contribution in [-0.4, -0.2) is 17.9 Å². The third-order valence-electron chi connectivity index (χ3n) is 2.01. The number of hydrogen-bond acceptors (Lipinski definition) is 3. The smallest absolute Gasteiger partial charge is 0.208 e.